The highest BCUT2D eigenvalue weighted by Crippen LogP contribution is 2.18. The summed E-state index contributed by atoms with van der Waals surface area (Å²) in [5.74, 6) is 0.712. The fourth-order valence-electron chi connectivity index (χ4n) is 1.24. The fraction of sp³-hybridized carbons (Fsp3) is 0.750. The van der Waals surface area contributed by atoms with Crippen molar-refractivity contribution in [1.82, 2.24) is 0 Å². The number of allylic oxidation sites excluding steroid dienone is 1. The zero-order valence-electron chi connectivity index (χ0n) is 6.13. The van der Waals surface area contributed by atoms with E-state index in [9.17, 15) is 0 Å². The molecule has 0 aliphatic heterocycles. The predicted molar refractivity (Wildman–Crippen MR) is 38.3 cm³/mol. The molecule has 2 atom stereocenters. The third-order valence-electron chi connectivity index (χ3n) is 1.83. The molecule has 0 aromatic rings. The number of rotatable bonds is 1. The Morgan fingerprint density at radius 1 is 1.56 bits per heavy atom. The van der Waals surface area contributed by atoms with E-state index < -0.39 is 0 Å². The van der Waals surface area contributed by atoms with E-state index in [4.69, 9.17) is 4.74 Å². The van der Waals surface area contributed by atoms with Crippen LogP contribution in [0.25, 0.3) is 0 Å². The van der Waals surface area contributed by atoms with E-state index >= 15 is 0 Å². The normalized spacial score (nSPS) is 34.9. The maximum absolute atomic E-state index is 5.21. The molecule has 0 radical (unpaired) electrons. The minimum Gasteiger partial charge on any atom is -0.381 e. The van der Waals surface area contributed by atoms with Crippen LogP contribution in [-0.4, -0.2) is 13.2 Å². The Bertz CT molecular complexity index is 107. The molecule has 0 amide bonds. The van der Waals surface area contributed by atoms with E-state index in [0.29, 0.717) is 12.0 Å². The van der Waals surface area contributed by atoms with Gasteiger partial charge >= 0.3 is 0 Å². The summed E-state index contributed by atoms with van der Waals surface area (Å²) >= 11 is 0. The molecule has 1 aliphatic carbocycles. The summed E-state index contributed by atoms with van der Waals surface area (Å²) < 4.78 is 5.21. The number of hydrogen-bond donors (Lipinski definition) is 0. The molecule has 52 valence electrons. The summed E-state index contributed by atoms with van der Waals surface area (Å²) in [6, 6.07) is 0. The van der Waals surface area contributed by atoms with Crippen molar-refractivity contribution in [3.63, 3.8) is 0 Å². The first kappa shape index (κ1) is 6.81. The Balaban J connectivity index is 2.38. The summed E-state index contributed by atoms with van der Waals surface area (Å²) in [6.07, 6.45) is 7.23. The van der Waals surface area contributed by atoms with Gasteiger partial charge in [0.25, 0.3) is 0 Å². The van der Waals surface area contributed by atoms with Gasteiger partial charge in [0, 0.05) is 7.11 Å². The van der Waals surface area contributed by atoms with E-state index in [1.165, 1.54) is 6.42 Å². The van der Waals surface area contributed by atoms with Crippen LogP contribution < -0.4 is 0 Å². The van der Waals surface area contributed by atoms with Crippen LogP contribution in [0.5, 0.6) is 0 Å². The Labute approximate surface area is 56.7 Å². The van der Waals surface area contributed by atoms with Crippen molar-refractivity contribution in [2.75, 3.05) is 7.11 Å². The molecule has 0 saturated heterocycles. The quantitative estimate of drug-likeness (QED) is 0.488. The molecule has 9 heavy (non-hydrogen) atoms. The van der Waals surface area contributed by atoms with Gasteiger partial charge in [0.1, 0.15) is 0 Å². The highest BCUT2D eigenvalue weighted by Gasteiger charge is 2.12. The predicted octanol–water partition coefficient (Wildman–Crippen LogP) is 1.99. The molecule has 0 fully saturated rings. The lowest BCUT2D eigenvalue weighted by molar-refractivity contribution is 0.0854. The van der Waals surface area contributed by atoms with Gasteiger partial charge in [-0.3, -0.25) is 0 Å². The lowest BCUT2D eigenvalue weighted by Crippen LogP contribution is -2.15. The number of methoxy groups -OCH3 is 1. The van der Waals surface area contributed by atoms with Gasteiger partial charge in [-0.15, -0.1) is 0 Å². The van der Waals surface area contributed by atoms with E-state index in [0.717, 1.165) is 6.42 Å². The lowest BCUT2D eigenvalue weighted by Gasteiger charge is -2.20. The average molecular weight is 126 g/mol. The summed E-state index contributed by atoms with van der Waals surface area (Å²) in [7, 11) is 1.79. The van der Waals surface area contributed by atoms with E-state index in [-0.39, 0.29) is 0 Å². The van der Waals surface area contributed by atoms with Gasteiger partial charge in [0.15, 0.2) is 0 Å². The number of ether oxygens (including phenoxy) is 1. The van der Waals surface area contributed by atoms with Gasteiger partial charge in [-0.05, 0) is 18.8 Å². The fourth-order valence-corrected chi connectivity index (χ4v) is 1.24. The molecule has 0 aromatic heterocycles. The second-order valence-electron chi connectivity index (χ2n) is 2.73. The Morgan fingerprint density at radius 3 is 2.78 bits per heavy atom. The molecule has 0 spiro atoms. The van der Waals surface area contributed by atoms with Crippen LogP contribution >= 0.6 is 0 Å². The molecular formula is C8H14O. The Morgan fingerprint density at radius 2 is 2.33 bits per heavy atom. The molecular weight excluding hydrogens is 112 g/mol. The van der Waals surface area contributed by atoms with Crippen molar-refractivity contribution in [2.45, 2.75) is 25.9 Å². The zero-order chi connectivity index (χ0) is 6.69. The smallest absolute Gasteiger partial charge is 0.0611 e. The van der Waals surface area contributed by atoms with Crippen molar-refractivity contribution in [3.8, 4) is 0 Å². The van der Waals surface area contributed by atoms with Crippen molar-refractivity contribution < 1.29 is 4.74 Å². The summed E-state index contributed by atoms with van der Waals surface area (Å²) in [4.78, 5) is 0. The maximum Gasteiger partial charge on any atom is 0.0611 e. The molecule has 0 aromatic carbocycles. The van der Waals surface area contributed by atoms with E-state index in [1.807, 2.05) is 0 Å². The molecule has 0 saturated carbocycles. The topological polar surface area (TPSA) is 9.23 Å². The molecule has 1 heteroatoms. The summed E-state index contributed by atoms with van der Waals surface area (Å²) in [5.41, 5.74) is 0. The highest BCUT2D eigenvalue weighted by molar-refractivity contribution is 4.94. The van der Waals surface area contributed by atoms with Crippen LogP contribution in [0.2, 0.25) is 0 Å². The van der Waals surface area contributed by atoms with Crippen LogP contribution in [0.1, 0.15) is 19.8 Å². The van der Waals surface area contributed by atoms with E-state index in [1.54, 1.807) is 7.11 Å². The van der Waals surface area contributed by atoms with Gasteiger partial charge in [0.2, 0.25) is 0 Å². The standard InChI is InChI=1S/C8H14O/c1-7-4-3-5-8(6-7)9-2/h3-4,7-8H,5-6H2,1-2H3. The first-order chi connectivity index (χ1) is 4.33. The number of hydrogen-bond acceptors (Lipinski definition) is 1. The second-order valence-corrected chi connectivity index (χ2v) is 2.73. The average Bonchev–Trinajstić information content (AvgIpc) is 1.88. The maximum atomic E-state index is 5.21. The van der Waals surface area contributed by atoms with Crippen LogP contribution in [-0.2, 0) is 4.74 Å². The van der Waals surface area contributed by atoms with Crippen molar-refractivity contribution in [3.05, 3.63) is 12.2 Å². The molecule has 0 N–H and O–H groups in total. The zero-order valence-corrected chi connectivity index (χ0v) is 6.13. The van der Waals surface area contributed by atoms with Crippen molar-refractivity contribution in [2.24, 2.45) is 5.92 Å². The van der Waals surface area contributed by atoms with Gasteiger partial charge in [-0.2, -0.15) is 0 Å². The molecule has 2 unspecified atom stereocenters. The van der Waals surface area contributed by atoms with Gasteiger partial charge in [-0.25, -0.2) is 0 Å². The Kier molecular flexibility index (Phi) is 2.29. The minimum absolute atomic E-state index is 0.477. The van der Waals surface area contributed by atoms with Crippen LogP contribution in [0.15, 0.2) is 12.2 Å². The molecule has 1 aliphatic rings. The molecule has 1 nitrogen and oxygen atoms in total. The molecule has 0 bridgehead atoms. The van der Waals surface area contributed by atoms with Crippen molar-refractivity contribution in [1.29, 1.82) is 0 Å². The van der Waals surface area contributed by atoms with E-state index in [2.05, 4.69) is 19.1 Å². The summed E-state index contributed by atoms with van der Waals surface area (Å²) in [6.45, 7) is 2.22. The summed E-state index contributed by atoms with van der Waals surface area (Å²) in [5, 5.41) is 0. The van der Waals surface area contributed by atoms with Gasteiger partial charge < -0.3 is 4.74 Å². The lowest BCUT2D eigenvalue weighted by atomic mass is 9.95. The molecule has 0 heterocycles. The monoisotopic (exact) mass is 126 g/mol. The Hall–Kier alpha value is -0.300. The minimum atomic E-state index is 0.477. The van der Waals surface area contributed by atoms with Gasteiger partial charge in [0.05, 0.1) is 6.10 Å². The van der Waals surface area contributed by atoms with Gasteiger partial charge in [-0.1, -0.05) is 19.1 Å². The largest absolute Gasteiger partial charge is 0.381 e. The third kappa shape index (κ3) is 1.83. The SMILES string of the molecule is COC1CC=CC(C)C1. The van der Waals surface area contributed by atoms with Crippen LogP contribution in [0, 0.1) is 5.92 Å². The molecule has 1 rings (SSSR count). The van der Waals surface area contributed by atoms with Crippen LogP contribution in [0.4, 0.5) is 0 Å². The third-order valence-corrected chi connectivity index (χ3v) is 1.83. The second kappa shape index (κ2) is 3.02. The first-order valence-electron chi connectivity index (χ1n) is 3.52. The van der Waals surface area contributed by atoms with Crippen molar-refractivity contribution >= 4 is 0 Å². The van der Waals surface area contributed by atoms with Crippen LogP contribution in [0.3, 0.4) is 0 Å². The first-order valence-corrected chi connectivity index (χ1v) is 3.52. The highest BCUT2D eigenvalue weighted by atomic mass is 16.5.